The van der Waals surface area contributed by atoms with E-state index >= 15 is 0 Å². The Morgan fingerprint density at radius 1 is 0.692 bits per heavy atom. The van der Waals surface area contributed by atoms with E-state index < -0.39 is 0 Å². The van der Waals surface area contributed by atoms with Gasteiger partial charge in [-0.25, -0.2) is 4.98 Å². The van der Waals surface area contributed by atoms with Crippen molar-refractivity contribution in [2.75, 3.05) is 0 Å². The molecule has 4 aromatic heterocycles. The van der Waals surface area contributed by atoms with Crippen LogP contribution >= 0.6 is 11.3 Å². The van der Waals surface area contributed by atoms with Gasteiger partial charge < -0.3 is 8.98 Å². The van der Waals surface area contributed by atoms with Crippen molar-refractivity contribution in [1.82, 2.24) is 14.5 Å². The molecule has 184 valence electrons. The van der Waals surface area contributed by atoms with Gasteiger partial charge in [0, 0.05) is 39.3 Å². The second-order valence-corrected chi connectivity index (χ2v) is 10.6. The summed E-state index contributed by atoms with van der Waals surface area (Å²) in [4.78, 5) is 9.59. The first-order valence-electron chi connectivity index (χ1n) is 12.8. The molecular formula is C34H21N3OS. The van der Waals surface area contributed by atoms with Crippen LogP contribution in [0.5, 0.6) is 0 Å². The quantitative estimate of drug-likeness (QED) is 0.233. The molecule has 4 nitrogen and oxygen atoms in total. The largest absolute Gasteiger partial charge is 0.472 e. The van der Waals surface area contributed by atoms with E-state index in [0.29, 0.717) is 0 Å². The third-order valence-electron chi connectivity index (χ3n) is 7.21. The SMILES string of the molecule is c1ccc(-c2cccc(-n3c4ccccc4c4c(-c5ccoc5)cc(-c5nc6ccccc6s5)cc43)c2)nc1. The van der Waals surface area contributed by atoms with E-state index in [1.807, 2.05) is 42.8 Å². The zero-order chi connectivity index (χ0) is 25.8. The number of para-hydroxylation sites is 2. The number of fused-ring (bicyclic) bond motifs is 4. The van der Waals surface area contributed by atoms with E-state index in [1.165, 1.54) is 15.5 Å². The van der Waals surface area contributed by atoms with Crippen molar-refractivity contribution in [3.63, 3.8) is 0 Å². The maximum Gasteiger partial charge on any atom is 0.124 e. The normalized spacial score (nSPS) is 11.6. The van der Waals surface area contributed by atoms with Crippen LogP contribution in [0.4, 0.5) is 0 Å². The number of pyridine rings is 1. The van der Waals surface area contributed by atoms with Gasteiger partial charge in [0.2, 0.25) is 0 Å². The molecule has 0 unspecified atom stereocenters. The Hall–Kier alpha value is -5.00. The fraction of sp³-hybridized carbons (Fsp3) is 0. The highest BCUT2D eigenvalue weighted by molar-refractivity contribution is 7.21. The lowest BCUT2D eigenvalue weighted by Gasteiger charge is -2.11. The smallest absolute Gasteiger partial charge is 0.124 e. The summed E-state index contributed by atoms with van der Waals surface area (Å²) in [6.45, 7) is 0. The van der Waals surface area contributed by atoms with Gasteiger partial charge in [0.1, 0.15) is 5.01 Å². The van der Waals surface area contributed by atoms with E-state index in [2.05, 4.69) is 88.4 Å². The van der Waals surface area contributed by atoms with Gasteiger partial charge in [0.25, 0.3) is 0 Å². The molecule has 0 saturated heterocycles. The summed E-state index contributed by atoms with van der Waals surface area (Å²) in [6, 6.07) is 38.1. The van der Waals surface area contributed by atoms with Crippen molar-refractivity contribution < 1.29 is 4.42 Å². The van der Waals surface area contributed by atoms with Crippen molar-refractivity contribution in [3.05, 3.63) is 128 Å². The molecule has 4 heterocycles. The first kappa shape index (κ1) is 22.0. The van der Waals surface area contributed by atoms with E-state index in [-0.39, 0.29) is 0 Å². The fourth-order valence-electron chi connectivity index (χ4n) is 5.48. The molecule has 0 aliphatic carbocycles. The molecule has 8 aromatic rings. The predicted octanol–water partition coefficient (Wildman–Crippen LogP) is 9.38. The van der Waals surface area contributed by atoms with Gasteiger partial charge in [0.15, 0.2) is 0 Å². The first-order valence-corrected chi connectivity index (χ1v) is 13.6. The first-order chi connectivity index (χ1) is 19.3. The lowest BCUT2D eigenvalue weighted by molar-refractivity contribution is 0.568. The molecule has 0 saturated carbocycles. The molecule has 0 radical (unpaired) electrons. The number of rotatable bonds is 4. The number of hydrogen-bond acceptors (Lipinski definition) is 4. The lowest BCUT2D eigenvalue weighted by Crippen LogP contribution is -1.95. The molecule has 39 heavy (non-hydrogen) atoms. The van der Waals surface area contributed by atoms with Crippen molar-refractivity contribution >= 4 is 43.4 Å². The van der Waals surface area contributed by atoms with E-state index in [4.69, 9.17) is 9.40 Å². The van der Waals surface area contributed by atoms with Crippen LogP contribution in [0.1, 0.15) is 0 Å². The van der Waals surface area contributed by atoms with E-state index in [1.54, 1.807) is 17.6 Å². The maximum atomic E-state index is 5.55. The second kappa shape index (κ2) is 8.79. The highest BCUT2D eigenvalue weighted by atomic mass is 32.1. The average molecular weight is 520 g/mol. The highest BCUT2D eigenvalue weighted by Crippen LogP contribution is 2.43. The number of nitrogens with zero attached hydrogens (tertiary/aromatic N) is 3. The molecule has 0 aliphatic rings. The summed E-state index contributed by atoms with van der Waals surface area (Å²) in [7, 11) is 0. The van der Waals surface area contributed by atoms with Gasteiger partial charge in [-0.15, -0.1) is 11.3 Å². The van der Waals surface area contributed by atoms with Gasteiger partial charge >= 0.3 is 0 Å². The Labute approximate surface area is 228 Å². The Bertz CT molecular complexity index is 2090. The molecule has 0 amide bonds. The molecule has 4 aromatic carbocycles. The van der Waals surface area contributed by atoms with Gasteiger partial charge in [-0.3, -0.25) is 4.98 Å². The van der Waals surface area contributed by atoms with Crippen LogP contribution in [0, 0.1) is 0 Å². The minimum absolute atomic E-state index is 0.953. The van der Waals surface area contributed by atoms with Crippen LogP contribution in [-0.4, -0.2) is 14.5 Å². The summed E-state index contributed by atoms with van der Waals surface area (Å²) in [5, 5.41) is 3.39. The van der Waals surface area contributed by atoms with Crippen molar-refractivity contribution in [1.29, 1.82) is 0 Å². The standard InChI is InChI=1S/C34H21N3OS/c1-3-13-30-26(10-1)33-27(23-15-17-38-21-23)19-24(34-36-29-12-2-4-14-32(29)39-34)20-31(33)37(30)25-9-7-8-22(18-25)28-11-5-6-16-35-28/h1-21H. The molecular weight excluding hydrogens is 498 g/mol. The van der Waals surface area contributed by atoms with Crippen molar-refractivity contribution in [2.24, 2.45) is 0 Å². The number of benzene rings is 4. The van der Waals surface area contributed by atoms with Crippen LogP contribution in [0.25, 0.3) is 70.7 Å². The third-order valence-corrected chi connectivity index (χ3v) is 8.30. The van der Waals surface area contributed by atoms with Crippen molar-refractivity contribution in [3.8, 4) is 38.6 Å². The summed E-state index contributed by atoms with van der Waals surface area (Å²) < 4.78 is 9.09. The average Bonchev–Trinajstić information content (AvgIpc) is 3.75. The molecule has 0 aliphatic heterocycles. The minimum Gasteiger partial charge on any atom is -0.472 e. The van der Waals surface area contributed by atoms with Gasteiger partial charge in [-0.05, 0) is 66.2 Å². The number of hydrogen-bond donors (Lipinski definition) is 0. The van der Waals surface area contributed by atoms with Crippen LogP contribution < -0.4 is 0 Å². The zero-order valence-electron chi connectivity index (χ0n) is 20.8. The predicted molar refractivity (Wildman–Crippen MR) is 160 cm³/mol. The monoisotopic (exact) mass is 519 g/mol. The van der Waals surface area contributed by atoms with E-state index in [0.717, 1.165) is 55.2 Å². The molecule has 0 atom stereocenters. The maximum absolute atomic E-state index is 5.55. The summed E-state index contributed by atoms with van der Waals surface area (Å²) >= 11 is 1.72. The summed E-state index contributed by atoms with van der Waals surface area (Å²) in [5.74, 6) is 0. The summed E-state index contributed by atoms with van der Waals surface area (Å²) in [6.07, 6.45) is 5.40. The Morgan fingerprint density at radius 2 is 1.59 bits per heavy atom. The number of furan rings is 1. The van der Waals surface area contributed by atoms with Crippen LogP contribution in [0.15, 0.2) is 132 Å². The summed E-state index contributed by atoms with van der Waals surface area (Å²) in [5.41, 5.74) is 9.68. The fourth-order valence-corrected chi connectivity index (χ4v) is 6.43. The zero-order valence-corrected chi connectivity index (χ0v) is 21.6. The topological polar surface area (TPSA) is 43.9 Å². The second-order valence-electron chi connectivity index (χ2n) is 9.53. The molecule has 0 spiro atoms. The lowest BCUT2D eigenvalue weighted by atomic mass is 9.99. The molecule has 5 heteroatoms. The minimum atomic E-state index is 0.953. The van der Waals surface area contributed by atoms with Crippen LogP contribution in [0.2, 0.25) is 0 Å². The molecule has 8 rings (SSSR count). The third kappa shape index (κ3) is 3.59. The Balaban J connectivity index is 1.46. The van der Waals surface area contributed by atoms with Gasteiger partial charge in [-0.1, -0.05) is 48.5 Å². The molecule has 0 bridgehead atoms. The number of aromatic nitrogens is 3. The van der Waals surface area contributed by atoms with E-state index in [9.17, 15) is 0 Å². The van der Waals surface area contributed by atoms with Crippen LogP contribution in [-0.2, 0) is 0 Å². The van der Waals surface area contributed by atoms with Crippen molar-refractivity contribution in [2.45, 2.75) is 0 Å². The highest BCUT2D eigenvalue weighted by Gasteiger charge is 2.20. The van der Waals surface area contributed by atoms with Crippen LogP contribution in [0.3, 0.4) is 0 Å². The van der Waals surface area contributed by atoms with Gasteiger partial charge in [-0.2, -0.15) is 0 Å². The molecule has 0 fully saturated rings. The number of thiazole rings is 1. The Morgan fingerprint density at radius 3 is 2.46 bits per heavy atom. The molecule has 0 N–H and O–H groups in total. The van der Waals surface area contributed by atoms with Gasteiger partial charge in [0.05, 0.1) is 39.5 Å². The Kier molecular flexibility index (Phi) is 4.96.